The van der Waals surface area contributed by atoms with E-state index in [2.05, 4.69) is 10.6 Å². The summed E-state index contributed by atoms with van der Waals surface area (Å²) >= 11 is 0. The van der Waals surface area contributed by atoms with Gasteiger partial charge in [-0.25, -0.2) is 4.79 Å². The summed E-state index contributed by atoms with van der Waals surface area (Å²) in [6.45, 7) is 6.34. The monoisotopic (exact) mass is 283 g/mol. The molecule has 0 aromatic heterocycles. The molecule has 1 amide bonds. The highest BCUT2D eigenvalue weighted by Crippen LogP contribution is 2.28. The topological polar surface area (TPSA) is 76.4 Å². The van der Waals surface area contributed by atoms with Gasteiger partial charge in [0.15, 0.2) is 0 Å². The Balaban J connectivity index is 1.70. The van der Waals surface area contributed by atoms with Crippen LogP contribution in [0.5, 0.6) is 0 Å². The smallest absolute Gasteiger partial charge is 0.407 e. The van der Waals surface area contributed by atoms with Crippen molar-refractivity contribution < 1.29 is 9.53 Å². The van der Waals surface area contributed by atoms with Crippen LogP contribution in [0.2, 0.25) is 0 Å². The zero-order chi connectivity index (χ0) is 14.8. The van der Waals surface area contributed by atoms with E-state index >= 15 is 0 Å². The van der Waals surface area contributed by atoms with Crippen LogP contribution >= 0.6 is 0 Å². The number of carbonyl (C=O) groups excluding carboxylic acids is 1. The van der Waals surface area contributed by atoms with Gasteiger partial charge in [-0.3, -0.25) is 0 Å². The van der Waals surface area contributed by atoms with Gasteiger partial charge in [0.1, 0.15) is 5.60 Å². The molecular weight excluding hydrogens is 254 g/mol. The van der Waals surface area contributed by atoms with E-state index < -0.39 is 5.60 Å². The lowest BCUT2D eigenvalue weighted by Crippen LogP contribution is -2.53. The zero-order valence-corrected chi connectivity index (χ0v) is 12.9. The maximum atomic E-state index is 11.7. The van der Waals surface area contributed by atoms with E-state index in [1.54, 1.807) is 0 Å². The van der Waals surface area contributed by atoms with Gasteiger partial charge in [0.05, 0.1) is 0 Å². The number of nitrogens with one attached hydrogen (secondary N) is 2. The van der Waals surface area contributed by atoms with Crippen LogP contribution in [0.15, 0.2) is 0 Å². The molecule has 20 heavy (non-hydrogen) atoms. The third-order valence-electron chi connectivity index (χ3n) is 4.19. The lowest BCUT2D eigenvalue weighted by Gasteiger charge is -2.37. The molecule has 116 valence electrons. The summed E-state index contributed by atoms with van der Waals surface area (Å²) in [5.41, 5.74) is 5.39. The third-order valence-corrected chi connectivity index (χ3v) is 4.19. The van der Waals surface area contributed by atoms with E-state index in [1.807, 2.05) is 20.8 Å². The highest BCUT2D eigenvalue weighted by atomic mass is 16.6. The SMILES string of the molecule is CC(C)(C)OC(=O)NCC1CCCC1NC1CC(N)C1. The number of amides is 1. The summed E-state index contributed by atoms with van der Waals surface area (Å²) in [6.07, 6.45) is 5.47. The van der Waals surface area contributed by atoms with Gasteiger partial charge in [0, 0.05) is 24.7 Å². The van der Waals surface area contributed by atoms with Crippen molar-refractivity contribution >= 4 is 6.09 Å². The van der Waals surface area contributed by atoms with Crippen molar-refractivity contribution in [1.82, 2.24) is 10.6 Å². The highest BCUT2D eigenvalue weighted by molar-refractivity contribution is 5.67. The molecule has 2 aliphatic rings. The minimum atomic E-state index is -0.431. The Bertz CT molecular complexity index is 335. The predicted molar refractivity (Wildman–Crippen MR) is 79.5 cm³/mol. The lowest BCUT2D eigenvalue weighted by atomic mass is 9.86. The van der Waals surface area contributed by atoms with Crippen molar-refractivity contribution in [2.75, 3.05) is 6.54 Å². The number of carbonyl (C=O) groups is 1. The van der Waals surface area contributed by atoms with E-state index in [9.17, 15) is 4.79 Å². The molecule has 5 heteroatoms. The maximum Gasteiger partial charge on any atom is 0.407 e. The van der Waals surface area contributed by atoms with E-state index in [-0.39, 0.29) is 6.09 Å². The highest BCUT2D eigenvalue weighted by Gasteiger charge is 2.33. The molecule has 2 saturated carbocycles. The fraction of sp³-hybridized carbons (Fsp3) is 0.933. The Hall–Kier alpha value is -0.810. The molecule has 0 spiro atoms. The van der Waals surface area contributed by atoms with Gasteiger partial charge in [0.25, 0.3) is 0 Å². The Labute approximate surface area is 122 Å². The van der Waals surface area contributed by atoms with Gasteiger partial charge in [0.2, 0.25) is 0 Å². The van der Waals surface area contributed by atoms with Crippen LogP contribution in [0, 0.1) is 5.92 Å². The van der Waals surface area contributed by atoms with E-state index in [4.69, 9.17) is 10.5 Å². The van der Waals surface area contributed by atoms with Gasteiger partial charge in [-0.15, -0.1) is 0 Å². The molecule has 0 aliphatic heterocycles. The number of nitrogens with two attached hydrogens (primary N) is 1. The average Bonchev–Trinajstić information content (AvgIpc) is 2.69. The molecule has 5 nitrogen and oxygen atoms in total. The van der Waals surface area contributed by atoms with E-state index in [0.717, 1.165) is 12.8 Å². The van der Waals surface area contributed by atoms with Gasteiger partial charge in [-0.05, 0) is 52.4 Å². The third kappa shape index (κ3) is 4.63. The van der Waals surface area contributed by atoms with E-state index in [0.29, 0.717) is 30.6 Å². The molecule has 2 rings (SSSR count). The first-order valence-electron chi connectivity index (χ1n) is 7.82. The quantitative estimate of drug-likeness (QED) is 0.735. The summed E-state index contributed by atoms with van der Waals surface area (Å²) in [5, 5.41) is 6.60. The summed E-state index contributed by atoms with van der Waals surface area (Å²) < 4.78 is 5.27. The maximum absolute atomic E-state index is 11.7. The molecule has 0 aromatic rings. The molecule has 2 atom stereocenters. The first-order valence-corrected chi connectivity index (χ1v) is 7.82. The first-order chi connectivity index (χ1) is 9.33. The van der Waals surface area contributed by atoms with Gasteiger partial charge >= 0.3 is 6.09 Å². The molecule has 2 aliphatic carbocycles. The molecule has 4 N–H and O–H groups in total. The Kier molecular flexibility index (Phi) is 4.91. The molecule has 0 aromatic carbocycles. The minimum Gasteiger partial charge on any atom is -0.444 e. The molecule has 0 saturated heterocycles. The molecule has 2 fully saturated rings. The fourth-order valence-corrected chi connectivity index (χ4v) is 3.13. The van der Waals surface area contributed by atoms with Crippen molar-refractivity contribution in [2.45, 2.75) is 76.6 Å². The predicted octanol–water partition coefficient (Wildman–Crippen LogP) is 1.76. The summed E-state index contributed by atoms with van der Waals surface area (Å²) in [4.78, 5) is 11.7. The Morgan fingerprint density at radius 1 is 1.30 bits per heavy atom. The second-order valence-corrected chi connectivity index (χ2v) is 7.28. The number of hydrogen-bond acceptors (Lipinski definition) is 4. The molecule has 0 radical (unpaired) electrons. The van der Waals surface area contributed by atoms with Gasteiger partial charge in [-0.1, -0.05) is 6.42 Å². The van der Waals surface area contributed by atoms with Crippen LogP contribution in [0.1, 0.15) is 52.9 Å². The molecule has 0 heterocycles. The molecule has 2 unspecified atom stereocenters. The van der Waals surface area contributed by atoms with Crippen molar-refractivity contribution in [2.24, 2.45) is 11.7 Å². The van der Waals surface area contributed by atoms with Gasteiger partial charge in [-0.2, -0.15) is 0 Å². The largest absolute Gasteiger partial charge is 0.444 e. The number of rotatable bonds is 4. The van der Waals surface area contributed by atoms with Crippen LogP contribution in [0.3, 0.4) is 0 Å². The average molecular weight is 283 g/mol. The second kappa shape index (κ2) is 6.31. The van der Waals surface area contributed by atoms with Crippen LogP contribution < -0.4 is 16.4 Å². The standard InChI is InChI=1S/C15H29N3O2/c1-15(2,3)20-14(19)17-9-10-5-4-6-13(10)18-12-7-11(16)8-12/h10-13,18H,4-9,16H2,1-3H3,(H,17,19). The molecular formula is C15H29N3O2. The van der Waals surface area contributed by atoms with E-state index in [1.165, 1.54) is 19.3 Å². The van der Waals surface area contributed by atoms with Crippen molar-refractivity contribution in [3.63, 3.8) is 0 Å². The van der Waals surface area contributed by atoms with Crippen LogP contribution in [-0.4, -0.2) is 36.4 Å². The minimum absolute atomic E-state index is 0.311. The number of hydrogen-bond donors (Lipinski definition) is 3. The summed E-state index contributed by atoms with van der Waals surface area (Å²) in [5.74, 6) is 0.513. The number of alkyl carbamates (subject to hydrolysis) is 1. The first kappa shape index (κ1) is 15.6. The molecule has 0 bridgehead atoms. The van der Waals surface area contributed by atoms with Crippen LogP contribution in [0.25, 0.3) is 0 Å². The van der Waals surface area contributed by atoms with Crippen LogP contribution in [0.4, 0.5) is 4.79 Å². The second-order valence-electron chi connectivity index (χ2n) is 7.28. The van der Waals surface area contributed by atoms with Crippen LogP contribution in [-0.2, 0) is 4.74 Å². The lowest BCUT2D eigenvalue weighted by molar-refractivity contribution is 0.0516. The Morgan fingerprint density at radius 2 is 2.00 bits per heavy atom. The summed E-state index contributed by atoms with van der Waals surface area (Å²) in [6, 6.07) is 1.48. The van der Waals surface area contributed by atoms with Crippen molar-refractivity contribution in [3.05, 3.63) is 0 Å². The van der Waals surface area contributed by atoms with Gasteiger partial charge < -0.3 is 21.1 Å². The van der Waals surface area contributed by atoms with Crippen molar-refractivity contribution in [1.29, 1.82) is 0 Å². The number of ether oxygens (including phenoxy) is 1. The summed E-state index contributed by atoms with van der Waals surface area (Å²) in [7, 11) is 0. The zero-order valence-electron chi connectivity index (χ0n) is 12.9. The normalized spacial score (nSPS) is 33.6. The Morgan fingerprint density at radius 3 is 2.60 bits per heavy atom. The fourth-order valence-electron chi connectivity index (χ4n) is 3.13. The van der Waals surface area contributed by atoms with Crippen molar-refractivity contribution in [3.8, 4) is 0 Å².